The standard InChI is InChI=1S/C13H9FN2O3/c1-8-6-12(16(18)19)9(7-10(8)14)13(17)11-4-2-3-5-15-11/h2-7H,1H3. The molecule has 0 saturated heterocycles. The lowest BCUT2D eigenvalue weighted by Crippen LogP contribution is -2.08. The number of carbonyl (C=O) groups excluding carboxylic acids is 1. The van der Waals surface area contributed by atoms with Crippen molar-refractivity contribution in [3.05, 3.63) is 69.3 Å². The van der Waals surface area contributed by atoms with Gasteiger partial charge in [-0.1, -0.05) is 6.07 Å². The summed E-state index contributed by atoms with van der Waals surface area (Å²) in [6, 6.07) is 6.54. The van der Waals surface area contributed by atoms with Crippen LogP contribution in [-0.4, -0.2) is 15.7 Å². The van der Waals surface area contributed by atoms with E-state index in [1.165, 1.54) is 19.2 Å². The third-order valence-electron chi connectivity index (χ3n) is 2.62. The predicted octanol–water partition coefficient (Wildman–Crippen LogP) is 2.67. The van der Waals surface area contributed by atoms with Crippen molar-refractivity contribution in [2.45, 2.75) is 6.92 Å². The van der Waals surface area contributed by atoms with Crippen LogP contribution in [0.2, 0.25) is 0 Å². The van der Waals surface area contributed by atoms with Crippen molar-refractivity contribution < 1.29 is 14.1 Å². The largest absolute Gasteiger partial charge is 0.287 e. The number of aryl methyl sites for hydroxylation is 1. The van der Waals surface area contributed by atoms with Crippen molar-refractivity contribution in [2.24, 2.45) is 0 Å². The zero-order chi connectivity index (χ0) is 14.0. The number of hydrogen-bond donors (Lipinski definition) is 0. The molecule has 0 fully saturated rings. The minimum absolute atomic E-state index is 0.0360. The number of nitrogens with zero attached hydrogens (tertiary/aromatic N) is 2. The molecule has 0 aliphatic rings. The molecule has 0 amide bonds. The lowest BCUT2D eigenvalue weighted by Gasteiger charge is -2.04. The number of halogens is 1. The molecular weight excluding hydrogens is 251 g/mol. The molecule has 0 unspecified atom stereocenters. The molecule has 0 N–H and O–H groups in total. The average Bonchev–Trinajstić information content (AvgIpc) is 2.41. The van der Waals surface area contributed by atoms with Crippen molar-refractivity contribution >= 4 is 11.5 Å². The first-order chi connectivity index (χ1) is 9.00. The molecule has 6 heteroatoms. The highest BCUT2D eigenvalue weighted by molar-refractivity contribution is 6.10. The maximum Gasteiger partial charge on any atom is 0.281 e. The fourth-order valence-corrected chi connectivity index (χ4v) is 1.63. The van der Waals surface area contributed by atoms with Gasteiger partial charge in [-0.25, -0.2) is 4.39 Å². The van der Waals surface area contributed by atoms with Crippen molar-refractivity contribution in [3.63, 3.8) is 0 Å². The lowest BCUT2D eigenvalue weighted by molar-refractivity contribution is -0.385. The second-order valence-electron chi connectivity index (χ2n) is 3.92. The van der Waals surface area contributed by atoms with Gasteiger partial charge in [0.15, 0.2) is 0 Å². The molecule has 2 aromatic rings. The highest BCUT2D eigenvalue weighted by Crippen LogP contribution is 2.24. The molecule has 0 radical (unpaired) electrons. The minimum atomic E-state index is -0.706. The van der Waals surface area contributed by atoms with E-state index in [-0.39, 0.29) is 16.8 Å². The van der Waals surface area contributed by atoms with E-state index < -0.39 is 22.2 Å². The summed E-state index contributed by atoms with van der Waals surface area (Å²) < 4.78 is 13.5. The average molecular weight is 260 g/mol. The highest BCUT2D eigenvalue weighted by Gasteiger charge is 2.24. The van der Waals surface area contributed by atoms with Gasteiger partial charge in [-0.15, -0.1) is 0 Å². The summed E-state index contributed by atoms with van der Waals surface area (Å²) in [5.74, 6) is -1.34. The Bertz CT molecular complexity index is 656. The van der Waals surface area contributed by atoms with Crippen LogP contribution >= 0.6 is 0 Å². The summed E-state index contributed by atoms with van der Waals surface area (Å²) in [5, 5.41) is 10.9. The molecule has 0 spiro atoms. The van der Waals surface area contributed by atoms with Crippen LogP contribution in [-0.2, 0) is 0 Å². The molecule has 2 rings (SSSR count). The van der Waals surface area contributed by atoms with Crippen LogP contribution in [0.5, 0.6) is 0 Å². The first-order valence-electron chi connectivity index (χ1n) is 5.41. The number of carbonyl (C=O) groups is 1. The van der Waals surface area contributed by atoms with E-state index in [1.54, 1.807) is 12.1 Å². The van der Waals surface area contributed by atoms with Crippen LogP contribution in [0.3, 0.4) is 0 Å². The van der Waals surface area contributed by atoms with E-state index >= 15 is 0 Å². The minimum Gasteiger partial charge on any atom is -0.287 e. The van der Waals surface area contributed by atoms with Crippen molar-refractivity contribution in [3.8, 4) is 0 Å². The first kappa shape index (κ1) is 12.8. The van der Waals surface area contributed by atoms with Gasteiger partial charge in [-0.3, -0.25) is 19.9 Å². The van der Waals surface area contributed by atoms with Gasteiger partial charge in [0.1, 0.15) is 17.1 Å². The molecule has 0 atom stereocenters. The van der Waals surface area contributed by atoms with E-state index in [0.29, 0.717) is 0 Å². The van der Waals surface area contributed by atoms with Crippen LogP contribution in [0.15, 0.2) is 36.5 Å². The van der Waals surface area contributed by atoms with Crippen molar-refractivity contribution in [2.75, 3.05) is 0 Å². The third kappa shape index (κ3) is 2.47. The molecule has 0 bridgehead atoms. The summed E-state index contributed by atoms with van der Waals surface area (Å²) in [6.45, 7) is 1.40. The summed E-state index contributed by atoms with van der Waals surface area (Å²) in [4.78, 5) is 26.1. The molecule has 96 valence electrons. The summed E-state index contributed by atoms with van der Waals surface area (Å²) in [5.41, 5.74) is -0.570. The highest BCUT2D eigenvalue weighted by atomic mass is 19.1. The molecule has 0 aliphatic heterocycles. The monoisotopic (exact) mass is 260 g/mol. The summed E-state index contributed by atoms with van der Waals surface area (Å²) >= 11 is 0. The normalized spacial score (nSPS) is 10.2. The Morgan fingerprint density at radius 1 is 1.37 bits per heavy atom. The van der Waals surface area contributed by atoms with Gasteiger partial charge in [-0.2, -0.15) is 0 Å². The number of pyridine rings is 1. The number of benzene rings is 1. The Labute approximate surface area is 107 Å². The Kier molecular flexibility index (Phi) is 3.33. The Hall–Kier alpha value is -2.63. The summed E-state index contributed by atoms with van der Waals surface area (Å²) in [7, 11) is 0. The van der Waals surface area contributed by atoms with Gasteiger partial charge in [0.2, 0.25) is 5.78 Å². The second kappa shape index (κ2) is 4.93. The number of nitro benzene ring substituents is 1. The van der Waals surface area contributed by atoms with Gasteiger partial charge >= 0.3 is 0 Å². The second-order valence-corrected chi connectivity index (χ2v) is 3.92. The SMILES string of the molecule is Cc1cc([N+](=O)[O-])c(C(=O)c2ccccn2)cc1F. The van der Waals surface area contributed by atoms with E-state index in [1.807, 2.05) is 0 Å². The van der Waals surface area contributed by atoms with Crippen LogP contribution < -0.4 is 0 Å². The zero-order valence-corrected chi connectivity index (χ0v) is 9.96. The third-order valence-corrected chi connectivity index (χ3v) is 2.62. The Morgan fingerprint density at radius 3 is 2.68 bits per heavy atom. The number of hydrogen-bond acceptors (Lipinski definition) is 4. The molecule has 1 heterocycles. The molecule has 1 aromatic carbocycles. The van der Waals surface area contributed by atoms with Gasteiger partial charge in [-0.05, 0) is 30.7 Å². The van der Waals surface area contributed by atoms with Gasteiger partial charge < -0.3 is 0 Å². The maximum absolute atomic E-state index is 13.5. The Balaban J connectivity index is 2.59. The molecular formula is C13H9FN2O3. The van der Waals surface area contributed by atoms with Crippen LogP contribution in [0.4, 0.5) is 10.1 Å². The number of ketones is 1. The summed E-state index contributed by atoms with van der Waals surface area (Å²) in [6.07, 6.45) is 1.39. The topological polar surface area (TPSA) is 73.1 Å². The van der Waals surface area contributed by atoms with Gasteiger partial charge in [0.25, 0.3) is 5.69 Å². The lowest BCUT2D eigenvalue weighted by atomic mass is 10.0. The zero-order valence-electron chi connectivity index (χ0n) is 9.96. The van der Waals surface area contributed by atoms with E-state index in [2.05, 4.69) is 4.98 Å². The van der Waals surface area contributed by atoms with E-state index in [9.17, 15) is 19.3 Å². The smallest absolute Gasteiger partial charge is 0.281 e. The van der Waals surface area contributed by atoms with Gasteiger partial charge in [0, 0.05) is 12.3 Å². The fraction of sp³-hybridized carbons (Fsp3) is 0.0769. The number of rotatable bonds is 3. The molecule has 1 aromatic heterocycles. The van der Waals surface area contributed by atoms with Crippen LogP contribution in [0.1, 0.15) is 21.6 Å². The van der Waals surface area contributed by atoms with Gasteiger partial charge in [0.05, 0.1) is 4.92 Å². The van der Waals surface area contributed by atoms with E-state index in [0.717, 1.165) is 12.1 Å². The Morgan fingerprint density at radius 2 is 2.11 bits per heavy atom. The first-order valence-corrected chi connectivity index (χ1v) is 5.41. The van der Waals surface area contributed by atoms with Crippen LogP contribution in [0.25, 0.3) is 0 Å². The molecule has 19 heavy (non-hydrogen) atoms. The van der Waals surface area contributed by atoms with Crippen molar-refractivity contribution in [1.82, 2.24) is 4.98 Å². The molecule has 0 aliphatic carbocycles. The number of nitro groups is 1. The molecule has 0 saturated carbocycles. The fourth-order valence-electron chi connectivity index (χ4n) is 1.63. The van der Waals surface area contributed by atoms with Crippen molar-refractivity contribution in [1.29, 1.82) is 0 Å². The molecule has 5 nitrogen and oxygen atoms in total. The quantitative estimate of drug-likeness (QED) is 0.483. The van der Waals surface area contributed by atoms with E-state index in [4.69, 9.17) is 0 Å². The van der Waals surface area contributed by atoms with Crippen LogP contribution in [0, 0.1) is 22.9 Å². The predicted molar refractivity (Wildman–Crippen MR) is 65.5 cm³/mol. The maximum atomic E-state index is 13.5. The number of aromatic nitrogens is 1.